The summed E-state index contributed by atoms with van der Waals surface area (Å²) in [6.45, 7) is 7.07. The first-order valence-corrected chi connectivity index (χ1v) is 9.65. The topological polar surface area (TPSA) is 35.5 Å². The van der Waals surface area contributed by atoms with Crippen molar-refractivity contribution in [2.24, 2.45) is 22.2 Å². The summed E-state index contributed by atoms with van der Waals surface area (Å²) in [5.41, 5.74) is 1.04. The maximum absolute atomic E-state index is 13.4. The molecule has 0 aromatic rings. The average molecular weight is 328 g/mol. The molecule has 0 aromatic heterocycles. The third-order valence-electron chi connectivity index (χ3n) is 8.53. The Balaban J connectivity index is 1.45. The number of rotatable bonds is 2. The van der Waals surface area contributed by atoms with Gasteiger partial charge in [-0.15, -0.1) is 0 Å². The van der Waals surface area contributed by atoms with E-state index in [1.807, 2.05) is 0 Å². The lowest BCUT2D eigenvalue weighted by atomic mass is 9.66. The number of allylic oxidation sites excluding steroid dienone is 1. The van der Waals surface area contributed by atoms with E-state index in [-0.39, 0.29) is 35.1 Å². The zero-order valence-corrected chi connectivity index (χ0v) is 15.0. The SMILES string of the molecule is CC1(C)[C@H]2CC[C@]1(C)[C@H](OC(=O)[C@@]13CCCC=C1[C@@H]1C=C[C@H]3O1)C2. The fourth-order valence-corrected chi connectivity index (χ4v) is 6.43. The normalized spacial score (nSPS) is 50.0. The van der Waals surface area contributed by atoms with Crippen LogP contribution in [0, 0.1) is 22.2 Å². The molecule has 2 aliphatic heterocycles. The first-order valence-electron chi connectivity index (χ1n) is 9.65. The van der Waals surface area contributed by atoms with E-state index in [0.29, 0.717) is 5.92 Å². The molecule has 6 atom stereocenters. The van der Waals surface area contributed by atoms with Crippen molar-refractivity contribution in [2.45, 2.75) is 77.6 Å². The Morgan fingerprint density at radius 1 is 1.25 bits per heavy atom. The zero-order chi connectivity index (χ0) is 16.7. The van der Waals surface area contributed by atoms with E-state index in [2.05, 4.69) is 39.0 Å². The Hall–Kier alpha value is -1.09. The van der Waals surface area contributed by atoms with Crippen LogP contribution in [0.4, 0.5) is 0 Å². The molecule has 3 fully saturated rings. The summed E-state index contributed by atoms with van der Waals surface area (Å²) < 4.78 is 12.3. The Morgan fingerprint density at radius 3 is 2.79 bits per heavy atom. The Bertz CT molecular complexity index is 660. The lowest BCUT2D eigenvalue weighted by molar-refractivity contribution is -0.170. The number of hydrogen-bond donors (Lipinski definition) is 0. The molecule has 5 aliphatic rings. The predicted octanol–water partition coefficient (Wildman–Crippen LogP) is 4.18. The van der Waals surface area contributed by atoms with Crippen LogP contribution in [-0.2, 0) is 14.3 Å². The third-order valence-corrected chi connectivity index (χ3v) is 8.53. The van der Waals surface area contributed by atoms with Crippen LogP contribution in [-0.4, -0.2) is 24.3 Å². The van der Waals surface area contributed by atoms with E-state index in [0.717, 1.165) is 25.7 Å². The molecule has 3 nitrogen and oxygen atoms in total. The van der Waals surface area contributed by atoms with Gasteiger partial charge in [0, 0.05) is 5.41 Å². The van der Waals surface area contributed by atoms with Gasteiger partial charge in [0.25, 0.3) is 0 Å². The van der Waals surface area contributed by atoms with Crippen LogP contribution < -0.4 is 0 Å². The summed E-state index contributed by atoms with van der Waals surface area (Å²) in [5.74, 6) is 0.676. The molecule has 1 saturated heterocycles. The minimum absolute atomic E-state index is 0.00917. The summed E-state index contributed by atoms with van der Waals surface area (Å²) in [5, 5.41) is 0. The molecule has 0 amide bonds. The molecule has 0 spiro atoms. The van der Waals surface area contributed by atoms with Crippen LogP contribution in [0.3, 0.4) is 0 Å². The highest BCUT2D eigenvalue weighted by atomic mass is 16.6. The molecular formula is C21H28O3. The predicted molar refractivity (Wildman–Crippen MR) is 91.3 cm³/mol. The van der Waals surface area contributed by atoms with E-state index >= 15 is 0 Å². The minimum atomic E-state index is -0.528. The van der Waals surface area contributed by atoms with Gasteiger partial charge in [0.15, 0.2) is 0 Å². The van der Waals surface area contributed by atoms with Crippen LogP contribution >= 0.6 is 0 Å². The molecule has 4 bridgehead atoms. The van der Waals surface area contributed by atoms with E-state index in [1.54, 1.807) is 0 Å². The van der Waals surface area contributed by atoms with Gasteiger partial charge in [-0.2, -0.15) is 0 Å². The first-order chi connectivity index (χ1) is 11.4. The smallest absolute Gasteiger partial charge is 0.319 e. The second kappa shape index (κ2) is 4.55. The highest BCUT2D eigenvalue weighted by molar-refractivity contribution is 5.84. The summed E-state index contributed by atoms with van der Waals surface area (Å²) >= 11 is 0. The van der Waals surface area contributed by atoms with Gasteiger partial charge in [-0.1, -0.05) is 39.0 Å². The first kappa shape index (κ1) is 15.2. The molecule has 0 N–H and O–H groups in total. The van der Waals surface area contributed by atoms with Crippen molar-refractivity contribution in [1.29, 1.82) is 0 Å². The van der Waals surface area contributed by atoms with Gasteiger partial charge in [-0.25, -0.2) is 0 Å². The molecule has 2 heterocycles. The summed E-state index contributed by atoms with van der Waals surface area (Å²) in [4.78, 5) is 13.4. The van der Waals surface area contributed by atoms with Crippen molar-refractivity contribution in [2.75, 3.05) is 0 Å². The molecule has 3 heteroatoms. The molecule has 5 rings (SSSR count). The largest absolute Gasteiger partial charge is 0.461 e. The van der Waals surface area contributed by atoms with Gasteiger partial charge in [0.05, 0.1) is 12.2 Å². The van der Waals surface area contributed by atoms with Crippen LogP contribution in [0.15, 0.2) is 23.8 Å². The summed E-state index contributed by atoms with van der Waals surface area (Å²) in [6, 6.07) is 0. The number of carbonyl (C=O) groups excluding carboxylic acids is 1. The second-order valence-corrected chi connectivity index (χ2v) is 9.39. The zero-order valence-electron chi connectivity index (χ0n) is 15.0. The monoisotopic (exact) mass is 328 g/mol. The quantitative estimate of drug-likeness (QED) is 0.563. The number of fused-ring (bicyclic) bond motifs is 7. The fourth-order valence-electron chi connectivity index (χ4n) is 6.43. The maximum Gasteiger partial charge on any atom is 0.319 e. The van der Waals surface area contributed by atoms with Crippen molar-refractivity contribution in [3.05, 3.63) is 23.8 Å². The van der Waals surface area contributed by atoms with Crippen LogP contribution in [0.2, 0.25) is 0 Å². The Morgan fingerprint density at radius 2 is 2.08 bits per heavy atom. The number of carbonyl (C=O) groups is 1. The second-order valence-electron chi connectivity index (χ2n) is 9.39. The third kappa shape index (κ3) is 1.56. The van der Waals surface area contributed by atoms with E-state index in [9.17, 15) is 4.79 Å². The molecule has 0 radical (unpaired) electrons. The van der Waals surface area contributed by atoms with Crippen molar-refractivity contribution in [3.63, 3.8) is 0 Å². The van der Waals surface area contributed by atoms with Gasteiger partial charge >= 0.3 is 5.97 Å². The van der Waals surface area contributed by atoms with Crippen molar-refractivity contribution in [3.8, 4) is 0 Å². The average Bonchev–Trinajstić information content (AvgIpc) is 3.26. The molecule has 0 unspecified atom stereocenters. The number of ether oxygens (including phenoxy) is 2. The number of esters is 1. The van der Waals surface area contributed by atoms with Crippen molar-refractivity contribution >= 4 is 5.97 Å². The fraction of sp³-hybridized carbons (Fsp3) is 0.762. The molecule has 2 saturated carbocycles. The highest BCUT2D eigenvalue weighted by Crippen LogP contribution is 2.66. The van der Waals surface area contributed by atoms with Gasteiger partial charge in [0.1, 0.15) is 11.5 Å². The van der Waals surface area contributed by atoms with E-state index in [1.165, 1.54) is 18.4 Å². The lowest BCUT2D eigenvalue weighted by Gasteiger charge is -2.41. The van der Waals surface area contributed by atoms with Gasteiger partial charge in [0.2, 0.25) is 0 Å². The number of hydrogen-bond acceptors (Lipinski definition) is 3. The molecule has 3 aliphatic carbocycles. The highest BCUT2D eigenvalue weighted by Gasteiger charge is 2.65. The van der Waals surface area contributed by atoms with E-state index in [4.69, 9.17) is 9.47 Å². The summed E-state index contributed by atoms with van der Waals surface area (Å²) in [6.07, 6.45) is 12.9. The maximum atomic E-state index is 13.4. The van der Waals surface area contributed by atoms with E-state index < -0.39 is 5.41 Å². The Labute approximate surface area is 144 Å². The summed E-state index contributed by atoms with van der Waals surface area (Å²) in [7, 11) is 0. The standard InChI is InChI=1S/C21H28O3/c1-19(2)13-9-11-20(19,3)17(12-13)24-18(22)21-10-5-4-6-14(21)15-7-8-16(21)23-15/h6-8,13,15-17H,4-5,9-12H2,1-3H3/t13-,15-,16+,17+,20+,21-/m0/s1. The van der Waals surface area contributed by atoms with Crippen molar-refractivity contribution in [1.82, 2.24) is 0 Å². The minimum Gasteiger partial charge on any atom is -0.461 e. The van der Waals surface area contributed by atoms with Crippen LogP contribution in [0.1, 0.15) is 59.3 Å². The molecular weight excluding hydrogens is 300 g/mol. The molecule has 0 aromatic carbocycles. The molecule has 24 heavy (non-hydrogen) atoms. The lowest BCUT2D eigenvalue weighted by Crippen LogP contribution is -2.47. The van der Waals surface area contributed by atoms with Gasteiger partial charge in [-0.05, 0) is 55.4 Å². The Kier molecular flexibility index (Phi) is 2.88. The van der Waals surface area contributed by atoms with Gasteiger partial charge < -0.3 is 9.47 Å². The molecule has 130 valence electrons. The van der Waals surface area contributed by atoms with Crippen LogP contribution in [0.5, 0.6) is 0 Å². The van der Waals surface area contributed by atoms with Gasteiger partial charge in [-0.3, -0.25) is 4.79 Å². The van der Waals surface area contributed by atoms with Crippen LogP contribution in [0.25, 0.3) is 0 Å². The van der Waals surface area contributed by atoms with Crippen molar-refractivity contribution < 1.29 is 14.3 Å².